The van der Waals surface area contributed by atoms with E-state index in [0.29, 0.717) is 12.3 Å². The van der Waals surface area contributed by atoms with Crippen molar-refractivity contribution in [1.29, 1.82) is 0 Å². The van der Waals surface area contributed by atoms with Gasteiger partial charge in [-0.25, -0.2) is 0 Å². The number of para-hydroxylation sites is 1. The molecular formula is C22H24N2O. The van der Waals surface area contributed by atoms with Crippen molar-refractivity contribution in [2.45, 2.75) is 31.6 Å². The van der Waals surface area contributed by atoms with Gasteiger partial charge in [0.05, 0.1) is 6.42 Å². The number of nitrogens with one attached hydrogen (secondary N) is 1. The molecule has 0 unspecified atom stereocenters. The Kier molecular flexibility index (Phi) is 4.55. The van der Waals surface area contributed by atoms with Crippen LogP contribution < -0.4 is 0 Å². The molecule has 3 aromatic rings. The maximum atomic E-state index is 13.0. The second-order valence-corrected chi connectivity index (χ2v) is 6.98. The largest absolute Gasteiger partial charge is 0.361 e. The molecule has 0 spiro atoms. The zero-order valence-corrected chi connectivity index (χ0v) is 14.4. The van der Waals surface area contributed by atoms with E-state index in [-0.39, 0.29) is 5.91 Å². The Morgan fingerprint density at radius 3 is 2.72 bits per heavy atom. The van der Waals surface area contributed by atoms with E-state index in [4.69, 9.17) is 0 Å². The van der Waals surface area contributed by atoms with Crippen molar-refractivity contribution in [3.05, 3.63) is 71.9 Å². The Morgan fingerprint density at radius 1 is 1.04 bits per heavy atom. The normalized spacial score (nSPS) is 18.2. The van der Waals surface area contributed by atoms with Crippen LogP contribution in [0.5, 0.6) is 0 Å². The topological polar surface area (TPSA) is 36.1 Å². The number of carbonyl (C=O) groups excluding carboxylic acids is 1. The highest BCUT2D eigenvalue weighted by Crippen LogP contribution is 2.27. The number of hydrogen-bond acceptors (Lipinski definition) is 1. The van der Waals surface area contributed by atoms with Crippen molar-refractivity contribution in [1.82, 2.24) is 9.88 Å². The van der Waals surface area contributed by atoms with Crippen molar-refractivity contribution < 1.29 is 4.79 Å². The molecular weight excluding hydrogens is 308 g/mol. The highest BCUT2D eigenvalue weighted by molar-refractivity contribution is 5.88. The summed E-state index contributed by atoms with van der Waals surface area (Å²) in [4.78, 5) is 18.3. The molecule has 3 heteroatoms. The Morgan fingerprint density at radius 2 is 1.84 bits per heavy atom. The van der Waals surface area contributed by atoms with Gasteiger partial charge in [0, 0.05) is 36.1 Å². The molecule has 1 fully saturated rings. The zero-order valence-electron chi connectivity index (χ0n) is 14.4. The molecule has 3 nitrogen and oxygen atoms in total. The SMILES string of the molecule is O=C(Cc1c[nH]c2ccccc12)N1CCCC[C@H](c2ccccc2)C1. The monoisotopic (exact) mass is 332 g/mol. The van der Waals surface area contributed by atoms with E-state index >= 15 is 0 Å². The number of aromatic nitrogens is 1. The molecule has 128 valence electrons. The van der Waals surface area contributed by atoms with Gasteiger partial charge in [0.25, 0.3) is 0 Å². The van der Waals surface area contributed by atoms with Gasteiger partial charge in [-0.15, -0.1) is 0 Å². The molecule has 1 N–H and O–H groups in total. The molecule has 1 aromatic heterocycles. The number of benzene rings is 2. The van der Waals surface area contributed by atoms with Crippen molar-refractivity contribution in [2.75, 3.05) is 13.1 Å². The first-order valence-electron chi connectivity index (χ1n) is 9.19. The van der Waals surface area contributed by atoms with Crippen LogP contribution >= 0.6 is 0 Å². The van der Waals surface area contributed by atoms with E-state index in [1.54, 1.807) is 0 Å². The maximum Gasteiger partial charge on any atom is 0.227 e. The number of nitrogens with zero attached hydrogens (tertiary/aromatic N) is 1. The van der Waals surface area contributed by atoms with E-state index in [2.05, 4.69) is 52.3 Å². The summed E-state index contributed by atoms with van der Waals surface area (Å²) in [7, 11) is 0. The molecule has 2 aromatic carbocycles. The number of carbonyl (C=O) groups is 1. The number of amides is 1. The third-order valence-electron chi connectivity index (χ3n) is 5.31. The molecule has 1 aliphatic rings. The molecule has 1 atom stereocenters. The van der Waals surface area contributed by atoms with Gasteiger partial charge in [-0.2, -0.15) is 0 Å². The minimum absolute atomic E-state index is 0.243. The molecule has 0 radical (unpaired) electrons. The van der Waals surface area contributed by atoms with Gasteiger partial charge < -0.3 is 9.88 Å². The summed E-state index contributed by atoms with van der Waals surface area (Å²) in [5.74, 6) is 0.697. The average molecular weight is 332 g/mol. The van der Waals surface area contributed by atoms with Crippen molar-refractivity contribution in [3.8, 4) is 0 Å². The fourth-order valence-corrected chi connectivity index (χ4v) is 3.92. The Bertz CT molecular complexity index is 853. The van der Waals surface area contributed by atoms with Gasteiger partial charge in [-0.1, -0.05) is 55.0 Å². The lowest BCUT2D eigenvalue weighted by atomic mass is 9.94. The van der Waals surface area contributed by atoms with Crippen molar-refractivity contribution >= 4 is 16.8 Å². The number of likely N-dealkylation sites (tertiary alicyclic amines) is 1. The van der Waals surface area contributed by atoms with E-state index in [1.807, 2.05) is 18.3 Å². The summed E-state index contributed by atoms with van der Waals surface area (Å²) in [5.41, 5.74) is 3.55. The van der Waals surface area contributed by atoms with Gasteiger partial charge in [0.1, 0.15) is 0 Å². The van der Waals surface area contributed by atoms with Crippen LogP contribution in [0.1, 0.15) is 36.3 Å². The number of H-pyrrole nitrogens is 1. The first kappa shape index (κ1) is 15.9. The molecule has 1 saturated heterocycles. The number of rotatable bonds is 3. The lowest BCUT2D eigenvalue weighted by Crippen LogP contribution is -2.35. The Hall–Kier alpha value is -2.55. The van der Waals surface area contributed by atoms with Crippen LogP contribution in [0.15, 0.2) is 60.8 Å². The van der Waals surface area contributed by atoms with Crippen LogP contribution in [0, 0.1) is 0 Å². The number of hydrogen-bond donors (Lipinski definition) is 1. The first-order chi connectivity index (χ1) is 12.3. The van der Waals surface area contributed by atoms with Crippen LogP contribution in [0.3, 0.4) is 0 Å². The van der Waals surface area contributed by atoms with Gasteiger partial charge in [0.15, 0.2) is 0 Å². The van der Waals surface area contributed by atoms with Crippen molar-refractivity contribution in [2.24, 2.45) is 0 Å². The zero-order chi connectivity index (χ0) is 17.1. The second-order valence-electron chi connectivity index (χ2n) is 6.98. The Labute approximate surface area is 148 Å². The quantitative estimate of drug-likeness (QED) is 0.753. The maximum absolute atomic E-state index is 13.0. The number of fused-ring (bicyclic) bond motifs is 1. The summed E-state index contributed by atoms with van der Waals surface area (Å²) >= 11 is 0. The molecule has 0 aliphatic carbocycles. The van der Waals surface area contributed by atoms with E-state index < -0.39 is 0 Å². The minimum atomic E-state index is 0.243. The summed E-state index contributed by atoms with van der Waals surface area (Å²) in [6.45, 7) is 1.72. The predicted octanol–water partition coefficient (Wildman–Crippen LogP) is 4.51. The third kappa shape index (κ3) is 3.46. The van der Waals surface area contributed by atoms with Crippen LogP contribution in [0.4, 0.5) is 0 Å². The van der Waals surface area contributed by atoms with Crippen LogP contribution in [0.25, 0.3) is 10.9 Å². The molecule has 1 amide bonds. The lowest BCUT2D eigenvalue weighted by Gasteiger charge is -2.25. The smallest absolute Gasteiger partial charge is 0.227 e. The summed E-state index contributed by atoms with van der Waals surface area (Å²) in [6.07, 6.45) is 5.92. The molecule has 0 bridgehead atoms. The van der Waals surface area contributed by atoms with Gasteiger partial charge >= 0.3 is 0 Å². The van der Waals surface area contributed by atoms with E-state index in [9.17, 15) is 4.79 Å². The summed E-state index contributed by atoms with van der Waals surface area (Å²) in [5, 5.41) is 1.16. The van der Waals surface area contributed by atoms with Crippen LogP contribution in [-0.4, -0.2) is 28.9 Å². The molecule has 25 heavy (non-hydrogen) atoms. The average Bonchev–Trinajstić information content (AvgIpc) is 2.90. The summed E-state index contributed by atoms with van der Waals surface area (Å²) < 4.78 is 0. The van der Waals surface area contributed by atoms with Gasteiger partial charge in [-0.3, -0.25) is 4.79 Å². The lowest BCUT2D eigenvalue weighted by molar-refractivity contribution is -0.130. The standard InChI is InChI=1S/C22H24N2O/c25-22(14-19-15-23-21-12-5-4-11-20(19)21)24-13-7-6-10-18(16-24)17-8-2-1-3-9-17/h1-5,8-9,11-12,15,18,23H,6-7,10,13-14,16H2/t18-/m0/s1. The van der Waals surface area contributed by atoms with E-state index in [0.717, 1.165) is 36.0 Å². The first-order valence-corrected chi connectivity index (χ1v) is 9.19. The van der Waals surface area contributed by atoms with E-state index in [1.165, 1.54) is 18.4 Å². The summed E-state index contributed by atoms with van der Waals surface area (Å²) in [6, 6.07) is 18.8. The molecule has 0 saturated carbocycles. The fraction of sp³-hybridized carbons (Fsp3) is 0.318. The van der Waals surface area contributed by atoms with Crippen molar-refractivity contribution in [3.63, 3.8) is 0 Å². The third-order valence-corrected chi connectivity index (χ3v) is 5.31. The Balaban J connectivity index is 1.50. The molecule has 4 rings (SSSR count). The highest BCUT2D eigenvalue weighted by atomic mass is 16.2. The highest BCUT2D eigenvalue weighted by Gasteiger charge is 2.23. The minimum Gasteiger partial charge on any atom is -0.361 e. The van der Waals surface area contributed by atoms with Gasteiger partial charge in [0.2, 0.25) is 5.91 Å². The van der Waals surface area contributed by atoms with Crippen LogP contribution in [0.2, 0.25) is 0 Å². The number of aromatic amines is 1. The molecule has 2 heterocycles. The second kappa shape index (κ2) is 7.14. The predicted molar refractivity (Wildman–Crippen MR) is 102 cm³/mol. The van der Waals surface area contributed by atoms with Crippen LogP contribution in [-0.2, 0) is 11.2 Å². The van der Waals surface area contributed by atoms with Gasteiger partial charge in [-0.05, 0) is 30.0 Å². The fourth-order valence-electron chi connectivity index (χ4n) is 3.92. The molecule has 1 aliphatic heterocycles.